The molecule has 0 spiro atoms. The van der Waals surface area contributed by atoms with Gasteiger partial charge in [0.25, 0.3) is 0 Å². The van der Waals surface area contributed by atoms with Crippen molar-refractivity contribution in [3.8, 4) is 5.69 Å². The van der Waals surface area contributed by atoms with Crippen LogP contribution in [-0.2, 0) is 0 Å². The van der Waals surface area contributed by atoms with Gasteiger partial charge >= 0.3 is 0 Å². The van der Waals surface area contributed by atoms with E-state index in [1.807, 2.05) is 6.07 Å². The molecule has 1 heterocycles. The monoisotopic (exact) mass is 260 g/mol. The largest absolute Gasteiger partial charge is 0.409 e. The zero-order chi connectivity index (χ0) is 13.4. The molecule has 0 aliphatic heterocycles. The number of nitrogens with two attached hydrogens (primary N) is 1. The fourth-order valence-corrected chi connectivity index (χ4v) is 2.04. The molecule has 1 fully saturated rings. The second kappa shape index (κ2) is 4.38. The van der Waals surface area contributed by atoms with Gasteiger partial charge in [-0.2, -0.15) is 5.10 Å². The first-order chi connectivity index (χ1) is 9.19. The molecule has 1 aliphatic carbocycles. The van der Waals surface area contributed by atoms with Crippen molar-refractivity contribution in [2.45, 2.75) is 18.8 Å². The van der Waals surface area contributed by atoms with Gasteiger partial charge in [-0.3, -0.25) is 0 Å². The van der Waals surface area contributed by atoms with Gasteiger partial charge in [0.15, 0.2) is 5.84 Å². The third-order valence-electron chi connectivity index (χ3n) is 3.19. The van der Waals surface area contributed by atoms with E-state index in [4.69, 9.17) is 10.9 Å². The number of nitrogens with zero attached hydrogens (tertiary/aromatic N) is 3. The predicted molar refractivity (Wildman–Crippen MR) is 68.0 cm³/mol. The number of benzene rings is 1. The number of amidine groups is 1. The molecule has 0 unspecified atom stereocenters. The standard InChI is InChI=1S/C13H13FN4O/c14-9-3-4-12(10(7-9)13(15)17-19)18-6-5-11(16-18)8-1-2-8/h3-8,19H,1-2H2,(H2,15,17). The van der Waals surface area contributed by atoms with Crippen LogP contribution in [0.3, 0.4) is 0 Å². The summed E-state index contributed by atoms with van der Waals surface area (Å²) in [5.41, 5.74) is 7.50. The minimum atomic E-state index is -0.445. The van der Waals surface area contributed by atoms with Crippen LogP contribution in [0.15, 0.2) is 35.6 Å². The van der Waals surface area contributed by atoms with Crippen molar-refractivity contribution in [1.29, 1.82) is 0 Å². The third kappa shape index (κ3) is 2.16. The van der Waals surface area contributed by atoms with Crippen LogP contribution in [0, 0.1) is 5.82 Å². The van der Waals surface area contributed by atoms with Gasteiger partial charge in [-0.05, 0) is 37.1 Å². The smallest absolute Gasteiger partial charge is 0.172 e. The van der Waals surface area contributed by atoms with Crippen LogP contribution in [0.25, 0.3) is 5.69 Å². The molecule has 1 aliphatic rings. The fraction of sp³-hybridized carbons (Fsp3) is 0.231. The van der Waals surface area contributed by atoms with Gasteiger partial charge in [0.05, 0.1) is 11.4 Å². The zero-order valence-corrected chi connectivity index (χ0v) is 10.1. The Hall–Kier alpha value is -2.37. The van der Waals surface area contributed by atoms with Crippen molar-refractivity contribution in [2.75, 3.05) is 0 Å². The Morgan fingerprint density at radius 2 is 2.21 bits per heavy atom. The average molecular weight is 260 g/mol. The number of rotatable bonds is 3. The van der Waals surface area contributed by atoms with Crippen LogP contribution in [0.1, 0.15) is 30.0 Å². The maximum Gasteiger partial charge on any atom is 0.172 e. The Morgan fingerprint density at radius 1 is 1.42 bits per heavy atom. The molecular formula is C13H13FN4O. The molecule has 0 radical (unpaired) electrons. The maximum absolute atomic E-state index is 13.3. The minimum Gasteiger partial charge on any atom is -0.409 e. The summed E-state index contributed by atoms with van der Waals surface area (Å²) in [7, 11) is 0. The molecule has 2 aromatic rings. The van der Waals surface area contributed by atoms with Crippen molar-refractivity contribution in [2.24, 2.45) is 10.9 Å². The second-order valence-electron chi connectivity index (χ2n) is 4.61. The first-order valence-corrected chi connectivity index (χ1v) is 6.02. The Bertz CT molecular complexity index is 646. The van der Waals surface area contributed by atoms with E-state index in [9.17, 15) is 4.39 Å². The van der Waals surface area contributed by atoms with E-state index < -0.39 is 5.82 Å². The molecule has 6 heteroatoms. The van der Waals surface area contributed by atoms with Gasteiger partial charge in [0.2, 0.25) is 0 Å². The molecule has 0 bridgehead atoms. The summed E-state index contributed by atoms with van der Waals surface area (Å²) in [4.78, 5) is 0. The Kier molecular flexibility index (Phi) is 2.70. The highest BCUT2D eigenvalue weighted by Crippen LogP contribution is 2.39. The lowest BCUT2D eigenvalue weighted by Gasteiger charge is -2.08. The molecule has 0 amide bonds. The third-order valence-corrected chi connectivity index (χ3v) is 3.19. The molecule has 5 nitrogen and oxygen atoms in total. The van der Waals surface area contributed by atoms with Crippen molar-refractivity contribution >= 4 is 5.84 Å². The van der Waals surface area contributed by atoms with Crippen LogP contribution in [0.5, 0.6) is 0 Å². The van der Waals surface area contributed by atoms with Crippen molar-refractivity contribution in [3.05, 3.63) is 47.5 Å². The lowest BCUT2D eigenvalue weighted by atomic mass is 10.1. The van der Waals surface area contributed by atoms with E-state index in [2.05, 4.69) is 10.3 Å². The Labute approximate surface area is 109 Å². The number of oxime groups is 1. The van der Waals surface area contributed by atoms with Crippen LogP contribution in [0.4, 0.5) is 4.39 Å². The van der Waals surface area contributed by atoms with Gasteiger partial charge < -0.3 is 10.9 Å². The van der Waals surface area contributed by atoms with Crippen LogP contribution < -0.4 is 5.73 Å². The number of hydrogen-bond donors (Lipinski definition) is 2. The van der Waals surface area contributed by atoms with Crippen LogP contribution >= 0.6 is 0 Å². The van der Waals surface area contributed by atoms with E-state index in [0.29, 0.717) is 17.2 Å². The lowest BCUT2D eigenvalue weighted by molar-refractivity contribution is 0.318. The van der Waals surface area contributed by atoms with Gasteiger partial charge in [-0.15, -0.1) is 0 Å². The molecule has 1 aromatic heterocycles. The van der Waals surface area contributed by atoms with E-state index in [1.54, 1.807) is 16.9 Å². The lowest BCUT2D eigenvalue weighted by Crippen LogP contribution is -2.17. The normalized spacial score (nSPS) is 15.7. The predicted octanol–water partition coefficient (Wildman–Crippen LogP) is 1.98. The molecule has 98 valence electrons. The maximum atomic E-state index is 13.3. The zero-order valence-electron chi connectivity index (χ0n) is 10.1. The number of hydrogen-bond acceptors (Lipinski definition) is 3. The quantitative estimate of drug-likeness (QED) is 0.383. The Morgan fingerprint density at radius 3 is 2.89 bits per heavy atom. The molecule has 0 saturated heterocycles. The molecule has 1 aromatic carbocycles. The second-order valence-corrected chi connectivity index (χ2v) is 4.61. The summed E-state index contributed by atoms with van der Waals surface area (Å²) < 4.78 is 14.9. The van der Waals surface area contributed by atoms with E-state index in [0.717, 1.165) is 18.5 Å². The van der Waals surface area contributed by atoms with Crippen LogP contribution in [0.2, 0.25) is 0 Å². The molecular weight excluding hydrogens is 247 g/mol. The topological polar surface area (TPSA) is 76.4 Å². The highest BCUT2D eigenvalue weighted by atomic mass is 19.1. The molecule has 0 atom stereocenters. The summed E-state index contributed by atoms with van der Waals surface area (Å²) in [6.45, 7) is 0. The summed E-state index contributed by atoms with van der Waals surface area (Å²) in [5, 5.41) is 16.1. The average Bonchev–Trinajstić information content (AvgIpc) is 3.16. The van der Waals surface area contributed by atoms with Gasteiger partial charge in [0.1, 0.15) is 5.82 Å². The first kappa shape index (κ1) is 11.7. The van der Waals surface area contributed by atoms with E-state index in [1.165, 1.54) is 12.1 Å². The molecule has 1 saturated carbocycles. The number of halogens is 1. The SMILES string of the molecule is NC(=NO)c1cc(F)ccc1-n1ccc(C2CC2)n1. The van der Waals surface area contributed by atoms with E-state index >= 15 is 0 Å². The molecule has 19 heavy (non-hydrogen) atoms. The first-order valence-electron chi connectivity index (χ1n) is 6.02. The van der Waals surface area contributed by atoms with Crippen LogP contribution in [-0.4, -0.2) is 20.8 Å². The summed E-state index contributed by atoms with van der Waals surface area (Å²) in [6, 6.07) is 6.05. The highest BCUT2D eigenvalue weighted by Gasteiger charge is 2.26. The van der Waals surface area contributed by atoms with Gasteiger partial charge in [-0.1, -0.05) is 5.16 Å². The van der Waals surface area contributed by atoms with Crippen molar-refractivity contribution in [1.82, 2.24) is 9.78 Å². The molecule has 3 N–H and O–H groups in total. The van der Waals surface area contributed by atoms with Gasteiger partial charge in [0, 0.05) is 17.7 Å². The van der Waals surface area contributed by atoms with E-state index in [-0.39, 0.29) is 5.84 Å². The highest BCUT2D eigenvalue weighted by molar-refractivity contribution is 6.00. The van der Waals surface area contributed by atoms with Crippen molar-refractivity contribution < 1.29 is 9.60 Å². The minimum absolute atomic E-state index is 0.141. The molecule has 3 rings (SSSR count). The summed E-state index contributed by atoms with van der Waals surface area (Å²) in [5.74, 6) is -0.0492. The number of aromatic nitrogens is 2. The fourth-order valence-electron chi connectivity index (χ4n) is 2.04. The summed E-state index contributed by atoms with van der Waals surface area (Å²) >= 11 is 0. The van der Waals surface area contributed by atoms with Crippen molar-refractivity contribution in [3.63, 3.8) is 0 Å². The summed E-state index contributed by atoms with van der Waals surface area (Å²) in [6.07, 6.45) is 4.12. The Balaban J connectivity index is 2.07. The van der Waals surface area contributed by atoms with Gasteiger partial charge in [-0.25, -0.2) is 9.07 Å².